The Morgan fingerprint density at radius 2 is 1.91 bits per heavy atom. The number of aliphatic hydroxyl groups excluding tert-OH is 1. The van der Waals surface area contributed by atoms with Crippen LogP contribution in [-0.2, 0) is 17.6 Å². The fourth-order valence-corrected chi connectivity index (χ4v) is 3.01. The topological polar surface area (TPSA) is 49.3 Å². The zero-order chi connectivity index (χ0) is 15.5. The first kappa shape index (κ1) is 14.8. The molecular formula is C19H21NO2. The van der Waals surface area contributed by atoms with Gasteiger partial charge in [0.25, 0.3) is 0 Å². The van der Waals surface area contributed by atoms with E-state index in [0.717, 1.165) is 23.1 Å². The van der Waals surface area contributed by atoms with Crippen molar-refractivity contribution in [3.8, 4) is 0 Å². The van der Waals surface area contributed by atoms with Gasteiger partial charge in [0, 0.05) is 12.8 Å². The van der Waals surface area contributed by atoms with Crippen LogP contribution in [0.4, 0.5) is 0 Å². The van der Waals surface area contributed by atoms with E-state index in [9.17, 15) is 9.90 Å². The van der Waals surface area contributed by atoms with Crippen LogP contribution >= 0.6 is 0 Å². The van der Waals surface area contributed by atoms with E-state index in [1.54, 1.807) is 0 Å². The Hall–Kier alpha value is -2.13. The lowest BCUT2D eigenvalue weighted by atomic mass is 10.1. The second-order valence-electron chi connectivity index (χ2n) is 6.00. The largest absolute Gasteiger partial charge is 0.390 e. The Bertz CT molecular complexity index is 663. The number of carbonyl (C=O) groups is 1. The predicted octanol–water partition coefficient (Wildman–Crippen LogP) is 2.70. The Balaban J connectivity index is 1.59. The van der Waals surface area contributed by atoms with Gasteiger partial charge in [-0.25, -0.2) is 0 Å². The van der Waals surface area contributed by atoms with E-state index in [1.165, 1.54) is 5.56 Å². The number of hydrogen-bond acceptors (Lipinski definition) is 2. The first-order valence-corrected chi connectivity index (χ1v) is 7.74. The molecule has 0 heterocycles. The number of rotatable bonds is 4. The maximum Gasteiger partial charge on any atom is 0.220 e. The summed E-state index contributed by atoms with van der Waals surface area (Å²) in [5.74, 6) is -0.0127. The van der Waals surface area contributed by atoms with Crippen LogP contribution in [-0.4, -0.2) is 17.1 Å². The summed E-state index contributed by atoms with van der Waals surface area (Å²) < 4.78 is 0. The van der Waals surface area contributed by atoms with E-state index in [0.29, 0.717) is 12.8 Å². The smallest absolute Gasteiger partial charge is 0.220 e. The number of benzene rings is 2. The molecule has 0 fully saturated rings. The lowest BCUT2D eigenvalue weighted by Crippen LogP contribution is -2.33. The molecule has 114 valence electrons. The molecule has 2 N–H and O–H groups in total. The molecule has 2 atom stereocenters. The summed E-state index contributed by atoms with van der Waals surface area (Å²) in [6.07, 6.45) is 1.24. The van der Waals surface area contributed by atoms with Gasteiger partial charge in [0.1, 0.15) is 0 Å². The highest BCUT2D eigenvalue weighted by Gasteiger charge is 2.31. The molecule has 0 bridgehead atoms. The summed E-state index contributed by atoms with van der Waals surface area (Å²) in [6.45, 7) is 2.05. The molecule has 0 aliphatic heterocycles. The molecule has 0 saturated carbocycles. The van der Waals surface area contributed by atoms with Crippen LogP contribution in [0.2, 0.25) is 0 Å². The Morgan fingerprint density at radius 1 is 1.18 bits per heavy atom. The van der Waals surface area contributed by atoms with Gasteiger partial charge in [-0.2, -0.15) is 0 Å². The molecule has 22 heavy (non-hydrogen) atoms. The SMILES string of the molecule is Cc1ccc(CCC(=O)NC2c3ccccc3CC2O)cc1. The second-order valence-corrected chi connectivity index (χ2v) is 6.00. The van der Waals surface area contributed by atoms with E-state index < -0.39 is 6.10 Å². The standard InChI is InChI=1S/C19H21NO2/c1-13-6-8-14(9-7-13)10-11-18(22)20-19-16-5-3-2-4-15(16)12-17(19)21/h2-9,17,19,21H,10-12H2,1H3,(H,20,22). The van der Waals surface area contributed by atoms with Gasteiger partial charge in [0.15, 0.2) is 0 Å². The molecule has 1 amide bonds. The van der Waals surface area contributed by atoms with Gasteiger partial charge >= 0.3 is 0 Å². The fraction of sp³-hybridized carbons (Fsp3) is 0.316. The highest BCUT2D eigenvalue weighted by Crippen LogP contribution is 2.31. The van der Waals surface area contributed by atoms with Crippen molar-refractivity contribution < 1.29 is 9.90 Å². The molecule has 2 unspecified atom stereocenters. The van der Waals surface area contributed by atoms with E-state index >= 15 is 0 Å². The quantitative estimate of drug-likeness (QED) is 0.911. The monoisotopic (exact) mass is 295 g/mol. The van der Waals surface area contributed by atoms with Crippen molar-refractivity contribution in [2.45, 2.75) is 38.3 Å². The van der Waals surface area contributed by atoms with Crippen molar-refractivity contribution in [2.24, 2.45) is 0 Å². The molecule has 3 heteroatoms. The molecule has 3 nitrogen and oxygen atoms in total. The number of hydrogen-bond donors (Lipinski definition) is 2. The van der Waals surface area contributed by atoms with Crippen molar-refractivity contribution >= 4 is 5.91 Å². The first-order chi connectivity index (χ1) is 10.6. The Kier molecular flexibility index (Phi) is 4.25. The normalized spacial score (nSPS) is 19.7. The number of amides is 1. The molecule has 2 aromatic carbocycles. The summed E-state index contributed by atoms with van der Waals surface area (Å²) in [4.78, 5) is 12.2. The number of nitrogens with one attached hydrogen (secondary N) is 1. The van der Waals surface area contributed by atoms with Crippen molar-refractivity contribution in [1.29, 1.82) is 0 Å². The lowest BCUT2D eigenvalue weighted by Gasteiger charge is -2.18. The summed E-state index contributed by atoms with van der Waals surface area (Å²) in [5.41, 5.74) is 4.55. The minimum atomic E-state index is -0.527. The van der Waals surface area contributed by atoms with Crippen molar-refractivity contribution in [2.75, 3.05) is 0 Å². The summed E-state index contributed by atoms with van der Waals surface area (Å²) in [7, 11) is 0. The zero-order valence-electron chi connectivity index (χ0n) is 12.8. The molecule has 0 radical (unpaired) electrons. The van der Waals surface area contributed by atoms with E-state index in [1.807, 2.05) is 24.3 Å². The van der Waals surface area contributed by atoms with Crippen molar-refractivity contribution in [3.63, 3.8) is 0 Å². The van der Waals surface area contributed by atoms with Crippen LogP contribution in [0.5, 0.6) is 0 Å². The molecule has 0 aromatic heterocycles. The van der Waals surface area contributed by atoms with E-state index in [-0.39, 0.29) is 11.9 Å². The third-order valence-corrected chi connectivity index (χ3v) is 4.28. The van der Waals surface area contributed by atoms with Crippen LogP contribution in [0.1, 0.15) is 34.7 Å². The van der Waals surface area contributed by atoms with Crippen molar-refractivity contribution in [3.05, 3.63) is 70.8 Å². The Labute approximate surface area is 131 Å². The van der Waals surface area contributed by atoms with Crippen LogP contribution in [0, 0.1) is 6.92 Å². The number of aryl methyl sites for hydroxylation is 2. The van der Waals surface area contributed by atoms with Gasteiger partial charge in [-0.15, -0.1) is 0 Å². The molecule has 0 spiro atoms. The third kappa shape index (κ3) is 3.20. The minimum absolute atomic E-state index is 0.0127. The third-order valence-electron chi connectivity index (χ3n) is 4.28. The van der Waals surface area contributed by atoms with Gasteiger partial charge in [0.05, 0.1) is 12.1 Å². The molecule has 1 aliphatic rings. The molecule has 3 rings (SSSR count). The van der Waals surface area contributed by atoms with Crippen LogP contribution in [0.25, 0.3) is 0 Å². The van der Waals surface area contributed by atoms with Crippen LogP contribution < -0.4 is 5.32 Å². The lowest BCUT2D eigenvalue weighted by molar-refractivity contribution is -0.122. The van der Waals surface area contributed by atoms with Crippen molar-refractivity contribution in [1.82, 2.24) is 5.32 Å². The first-order valence-electron chi connectivity index (χ1n) is 7.74. The van der Waals surface area contributed by atoms with Gasteiger partial charge < -0.3 is 10.4 Å². The van der Waals surface area contributed by atoms with Gasteiger partial charge in [-0.05, 0) is 30.0 Å². The van der Waals surface area contributed by atoms with Gasteiger partial charge in [-0.1, -0.05) is 54.1 Å². The maximum absolute atomic E-state index is 12.2. The number of carbonyl (C=O) groups excluding carboxylic acids is 1. The average molecular weight is 295 g/mol. The van der Waals surface area contributed by atoms with Crippen LogP contribution in [0.3, 0.4) is 0 Å². The second kappa shape index (κ2) is 6.32. The average Bonchev–Trinajstić information content (AvgIpc) is 2.83. The Morgan fingerprint density at radius 3 is 2.68 bits per heavy atom. The number of aliphatic hydroxyl groups is 1. The van der Waals surface area contributed by atoms with Gasteiger partial charge in [-0.3, -0.25) is 4.79 Å². The maximum atomic E-state index is 12.2. The van der Waals surface area contributed by atoms with E-state index in [4.69, 9.17) is 0 Å². The van der Waals surface area contributed by atoms with Crippen LogP contribution in [0.15, 0.2) is 48.5 Å². The highest BCUT2D eigenvalue weighted by atomic mass is 16.3. The minimum Gasteiger partial charge on any atom is -0.390 e. The predicted molar refractivity (Wildman–Crippen MR) is 86.5 cm³/mol. The summed E-state index contributed by atoms with van der Waals surface area (Å²) in [5, 5.41) is 13.1. The zero-order valence-corrected chi connectivity index (χ0v) is 12.8. The molecule has 2 aromatic rings. The molecular weight excluding hydrogens is 274 g/mol. The summed E-state index contributed by atoms with van der Waals surface area (Å²) in [6, 6.07) is 15.9. The molecule has 1 aliphatic carbocycles. The van der Waals surface area contributed by atoms with Gasteiger partial charge in [0.2, 0.25) is 5.91 Å². The highest BCUT2D eigenvalue weighted by molar-refractivity contribution is 5.77. The number of fused-ring (bicyclic) bond motifs is 1. The fourth-order valence-electron chi connectivity index (χ4n) is 3.01. The summed E-state index contributed by atoms with van der Waals surface area (Å²) >= 11 is 0. The van der Waals surface area contributed by atoms with E-state index in [2.05, 4.69) is 36.5 Å². The molecule has 0 saturated heterocycles.